The first kappa shape index (κ1) is 20.6. The molecule has 1 heterocycles. The summed E-state index contributed by atoms with van der Waals surface area (Å²) in [6, 6.07) is 17.6. The van der Waals surface area contributed by atoms with Gasteiger partial charge in [-0.25, -0.2) is 4.68 Å². The van der Waals surface area contributed by atoms with Gasteiger partial charge in [0.25, 0.3) is 5.91 Å². The zero-order chi connectivity index (χ0) is 21.5. The number of hydrogen-bond acceptors (Lipinski definition) is 6. The fourth-order valence-corrected chi connectivity index (χ4v) is 2.83. The Morgan fingerprint density at radius 2 is 2.00 bits per heavy atom. The number of nitrogens with one attached hydrogen (secondary N) is 1. The van der Waals surface area contributed by atoms with Crippen LogP contribution in [0.5, 0.6) is 0 Å². The van der Waals surface area contributed by atoms with Gasteiger partial charge in [0, 0.05) is 11.6 Å². The number of carbonyl (C=O) groups is 2. The highest BCUT2D eigenvalue weighted by molar-refractivity contribution is 5.95. The molecule has 8 nitrogen and oxygen atoms in total. The highest BCUT2D eigenvalue weighted by Gasteiger charge is 2.16. The molecule has 0 radical (unpaired) electrons. The van der Waals surface area contributed by atoms with E-state index in [1.807, 2.05) is 36.4 Å². The quantitative estimate of drug-likeness (QED) is 0.585. The number of rotatable bonds is 7. The Bertz CT molecular complexity index is 1090. The van der Waals surface area contributed by atoms with Crippen LogP contribution in [0.1, 0.15) is 34.8 Å². The number of amides is 1. The Kier molecular flexibility index (Phi) is 6.45. The predicted octanol–water partition coefficient (Wildman–Crippen LogP) is 2.58. The minimum Gasteiger partial charge on any atom is -0.461 e. The third kappa shape index (κ3) is 5.02. The summed E-state index contributed by atoms with van der Waals surface area (Å²) in [5.41, 5.74) is 7.99. The number of nitrogens with zero attached hydrogens (tertiary/aromatic N) is 3. The first-order valence-electron chi connectivity index (χ1n) is 9.32. The molecular weight excluding hydrogens is 382 g/mol. The average Bonchev–Trinajstić information content (AvgIpc) is 3.13. The van der Waals surface area contributed by atoms with Crippen LogP contribution >= 0.6 is 0 Å². The molecule has 0 aliphatic carbocycles. The largest absolute Gasteiger partial charge is 0.461 e. The van der Waals surface area contributed by atoms with Crippen molar-refractivity contribution in [2.45, 2.75) is 26.0 Å². The summed E-state index contributed by atoms with van der Waals surface area (Å²) in [6.45, 7) is 1.93. The van der Waals surface area contributed by atoms with Crippen molar-refractivity contribution in [2.24, 2.45) is 0 Å². The summed E-state index contributed by atoms with van der Waals surface area (Å²) in [4.78, 5) is 24.6. The maximum absolute atomic E-state index is 12.6. The van der Waals surface area contributed by atoms with Gasteiger partial charge in [0.05, 0.1) is 18.3 Å². The molecule has 1 amide bonds. The van der Waals surface area contributed by atoms with Crippen LogP contribution in [0.25, 0.3) is 5.69 Å². The van der Waals surface area contributed by atoms with Crippen LogP contribution in [-0.4, -0.2) is 27.7 Å². The lowest BCUT2D eigenvalue weighted by atomic mass is 10.1. The number of hydrogen-bond donors (Lipinski definition) is 2. The molecule has 0 saturated carbocycles. The molecule has 2 aromatic carbocycles. The van der Waals surface area contributed by atoms with Gasteiger partial charge in [-0.3, -0.25) is 9.59 Å². The van der Waals surface area contributed by atoms with Gasteiger partial charge in [-0.15, -0.1) is 0 Å². The Hall–Kier alpha value is -4.12. The van der Waals surface area contributed by atoms with Crippen molar-refractivity contribution < 1.29 is 14.3 Å². The van der Waals surface area contributed by atoms with E-state index in [0.717, 1.165) is 5.56 Å². The molecule has 1 unspecified atom stereocenters. The molecule has 1 aromatic heterocycles. The van der Waals surface area contributed by atoms with Crippen LogP contribution in [0.4, 0.5) is 5.82 Å². The van der Waals surface area contributed by atoms with E-state index in [9.17, 15) is 9.59 Å². The standard InChI is InChI=1S/C22H21N5O3/c1-15(10-20(28)30-14-16-6-3-2-4-7-16)26-22(29)17-8-5-9-19(11-17)27-21(24)18(12-23)13-25-27/h2-9,11,13,15H,10,14,24H2,1H3,(H,26,29). The van der Waals surface area contributed by atoms with Gasteiger partial charge < -0.3 is 15.8 Å². The minimum absolute atomic E-state index is 0.0515. The number of esters is 1. The Morgan fingerprint density at radius 1 is 1.23 bits per heavy atom. The molecule has 0 spiro atoms. The molecule has 8 heteroatoms. The molecule has 0 fully saturated rings. The van der Waals surface area contributed by atoms with E-state index in [-0.39, 0.29) is 30.3 Å². The molecule has 0 saturated heterocycles. The van der Waals surface area contributed by atoms with E-state index < -0.39 is 12.0 Å². The average molecular weight is 403 g/mol. The van der Waals surface area contributed by atoms with Gasteiger partial charge in [-0.2, -0.15) is 10.4 Å². The van der Waals surface area contributed by atoms with Crippen molar-refractivity contribution in [2.75, 3.05) is 5.73 Å². The van der Waals surface area contributed by atoms with E-state index in [4.69, 9.17) is 15.7 Å². The molecule has 152 valence electrons. The normalized spacial score (nSPS) is 11.3. The van der Waals surface area contributed by atoms with Gasteiger partial charge in [-0.1, -0.05) is 36.4 Å². The van der Waals surface area contributed by atoms with Crippen LogP contribution < -0.4 is 11.1 Å². The van der Waals surface area contributed by atoms with Crippen LogP contribution in [0.3, 0.4) is 0 Å². The Labute approximate surface area is 173 Å². The van der Waals surface area contributed by atoms with E-state index in [0.29, 0.717) is 11.3 Å². The van der Waals surface area contributed by atoms with Gasteiger partial charge in [-0.05, 0) is 30.7 Å². The molecule has 0 aliphatic heterocycles. The van der Waals surface area contributed by atoms with E-state index in [2.05, 4.69) is 10.4 Å². The lowest BCUT2D eigenvalue weighted by Crippen LogP contribution is -2.34. The maximum atomic E-state index is 12.6. The molecule has 1 atom stereocenters. The fraction of sp³-hybridized carbons (Fsp3) is 0.182. The number of carbonyl (C=O) groups excluding carboxylic acids is 2. The van der Waals surface area contributed by atoms with Crippen LogP contribution in [0.2, 0.25) is 0 Å². The molecule has 3 aromatic rings. The van der Waals surface area contributed by atoms with Crippen molar-refractivity contribution in [3.8, 4) is 11.8 Å². The number of ether oxygens (including phenoxy) is 1. The van der Waals surface area contributed by atoms with Gasteiger partial charge in [0.15, 0.2) is 0 Å². The van der Waals surface area contributed by atoms with Crippen molar-refractivity contribution in [3.05, 3.63) is 77.5 Å². The molecule has 30 heavy (non-hydrogen) atoms. The molecule has 3 N–H and O–H groups in total. The zero-order valence-electron chi connectivity index (χ0n) is 16.4. The fourth-order valence-electron chi connectivity index (χ4n) is 2.83. The lowest BCUT2D eigenvalue weighted by molar-refractivity contribution is -0.145. The molecular formula is C22H21N5O3. The summed E-state index contributed by atoms with van der Waals surface area (Å²) in [5, 5.41) is 15.9. The van der Waals surface area contributed by atoms with Crippen molar-refractivity contribution >= 4 is 17.7 Å². The first-order valence-corrected chi connectivity index (χ1v) is 9.32. The van der Waals surface area contributed by atoms with E-state index in [1.165, 1.54) is 10.9 Å². The summed E-state index contributed by atoms with van der Waals surface area (Å²) in [5.74, 6) is -0.537. The van der Waals surface area contributed by atoms with Gasteiger partial charge >= 0.3 is 5.97 Å². The number of nitrogen functional groups attached to an aromatic ring is 1. The second-order valence-electron chi connectivity index (χ2n) is 6.74. The third-order valence-electron chi connectivity index (χ3n) is 4.37. The lowest BCUT2D eigenvalue weighted by Gasteiger charge is -2.14. The number of aromatic nitrogens is 2. The van der Waals surface area contributed by atoms with E-state index in [1.54, 1.807) is 31.2 Å². The van der Waals surface area contributed by atoms with Crippen LogP contribution in [-0.2, 0) is 16.1 Å². The summed E-state index contributed by atoms with van der Waals surface area (Å²) in [7, 11) is 0. The Morgan fingerprint density at radius 3 is 2.70 bits per heavy atom. The third-order valence-corrected chi connectivity index (χ3v) is 4.37. The van der Waals surface area contributed by atoms with Crippen LogP contribution in [0.15, 0.2) is 60.8 Å². The predicted molar refractivity (Wildman–Crippen MR) is 110 cm³/mol. The highest BCUT2D eigenvalue weighted by Crippen LogP contribution is 2.17. The maximum Gasteiger partial charge on any atom is 0.308 e. The second kappa shape index (κ2) is 9.39. The number of anilines is 1. The smallest absolute Gasteiger partial charge is 0.308 e. The summed E-state index contributed by atoms with van der Waals surface area (Å²) in [6.07, 6.45) is 1.42. The second-order valence-corrected chi connectivity index (χ2v) is 6.74. The first-order chi connectivity index (χ1) is 14.5. The number of benzene rings is 2. The SMILES string of the molecule is CC(CC(=O)OCc1ccccc1)NC(=O)c1cccc(-n2ncc(C#N)c2N)c1. The highest BCUT2D eigenvalue weighted by atomic mass is 16.5. The van der Waals surface area contributed by atoms with Gasteiger partial charge in [0.1, 0.15) is 24.1 Å². The van der Waals surface area contributed by atoms with E-state index >= 15 is 0 Å². The summed E-state index contributed by atoms with van der Waals surface area (Å²) >= 11 is 0. The van der Waals surface area contributed by atoms with Crippen molar-refractivity contribution in [1.82, 2.24) is 15.1 Å². The molecule has 0 bridgehead atoms. The molecule has 0 aliphatic rings. The monoisotopic (exact) mass is 403 g/mol. The van der Waals surface area contributed by atoms with Crippen LogP contribution in [0, 0.1) is 11.3 Å². The summed E-state index contributed by atoms with van der Waals surface area (Å²) < 4.78 is 6.64. The molecule has 3 rings (SSSR count). The minimum atomic E-state index is -0.413. The topological polar surface area (TPSA) is 123 Å². The zero-order valence-corrected chi connectivity index (χ0v) is 16.4. The Balaban J connectivity index is 1.58. The van der Waals surface area contributed by atoms with Crippen molar-refractivity contribution in [3.63, 3.8) is 0 Å². The van der Waals surface area contributed by atoms with Crippen molar-refractivity contribution in [1.29, 1.82) is 5.26 Å². The van der Waals surface area contributed by atoms with Gasteiger partial charge in [0.2, 0.25) is 0 Å². The number of nitriles is 1. The number of nitrogens with two attached hydrogens (primary N) is 1.